The van der Waals surface area contributed by atoms with Crippen LogP contribution < -0.4 is 5.73 Å². The number of hydrogen-bond acceptors (Lipinski definition) is 6. The summed E-state index contributed by atoms with van der Waals surface area (Å²) in [4.78, 5) is 11.1. The van der Waals surface area contributed by atoms with Gasteiger partial charge in [0.05, 0.1) is 12.9 Å². The van der Waals surface area contributed by atoms with Crippen LogP contribution in [0.25, 0.3) is 11.2 Å². The minimum Gasteiger partial charge on any atom is -0.392 e. The lowest BCUT2D eigenvalue weighted by Gasteiger charge is -2.21. The molecule has 1 radical (unpaired) electrons. The van der Waals surface area contributed by atoms with Gasteiger partial charge in [0.15, 0.2) is 22.6 Å². The zero-order chi connectivity index (χ0) is 14.3. The lowest BCUT2D eigenvalue weighted by atomic mass is 10.0. The number of ether oxygens (including phenoxy) is 1. The summed E-state index contributed by atoms with van der Waals surface area (Å²) in [5, 5.41) is 9.30. The van der Waals surface area contributed by atoms with Crippen LogP contribution in [-0.4, -0.2) is 36.8 Å². The summed E-state index contributed by atoms with van der Waals surface area (Å²) in [5.41, 5.74) is 4.96. The normalized spacial score (nSPS) is 25.9. The summed E-state index contributed by atoms with van der Waals surface area (Å²) in [6.07, 6.45) is 7.43. The van der Waals surface area contributed by atoms with Gasteiger partial charge in [0.2, 0.25) is 0 Å². The third kappa shape index (κ3) is 1.79. The second-order valence-electron chi connectivity index (χ2n) is 4.41. The molecule has 1 fully saturated rings. The summed E-state index contributed by atoms with van der Waals surface area (Å²) in [7, 11) is 0. The SMILES string of the molecule is C#C[C@@]1(CO)[CH]C[C@H](n2cnc3c(N)nc(F)nc32)O1. The van der Waals surface area contributed by atoms with Crippen molar-refractivity contribution >= 4 is 17.0 Å². The lowest BCUT2D eigenvalue weighted by molar-refractivity contribution is -0.0536. The quantitative estimate of drug-likeness (QED) is 0.593. The number of imidazole rings is 1. The van der Waals surface area contributed by atoms with Gasteiger partial charge in [0, 0.05) is 6.42 Å². The Labute approximate surface area is 113 Å². The van der Waals surface area contributed by atoms with Crippen LogP contribution in [0.5, 0.6) is 0 Å². The smallest absolute Gasteiger partial charge is 0.312 e. The fraction of sp³-hybridized carbons (Fsp3) is 0.333. The van der Waals surface area contributed by atoms with E-state index in [0.717, 1.165) is 0 Å². The molecule has 7 nitrogen and oxygen atoms in total. The number of nitrogens with two attached hydrogens (primary N) is 1. The van der Waals surface area contributed by atoms with Crippen molar-refractivity contribution < 1.29 is 14.2 Å². The number of aromatic nitrogens is 4. The maximum Gasteiger partial charge on any atom is 0.312 e. The second kappa shape index (κ2) is 4.40. The van der Waals surface area contributed by atoms with Crippen LogP contribution in [0.2, 0.25) is 0 Å². The van der Waals surface area contributed by atoms with Crippen molar-refractivity contribution in [3.05, 3.63) is 18.8 Å². The largest absolute Gasteiger partial charge is 0.392 e. The molecule has 0 aliphatic carbocycles. The van der Waals surface area contributed by atoms with Crippen molar-refractivity contribution in [2.45, 2.75) is 18.2 Å². The first-order valence-electron chi connectivity index (χ1n) is 5.85. The number of fused-ring (bicyclic) bond motifs is 1. The molecular weight excluding hydrogens is 265 g/mol. The van der Waals surface area contributed by atoms with Gasteiger partial charge >= 0.3 is 6.08 Å². The topological polar surface area (TPSA) is 99.1 Å². The highest BCUT2D eigenvalue weighted by Gasteiger charge is 2.40. The Bertz CT molecular complexity index is 710. The van der Waals surface area contributed by atoms with Crippen molar-refractivity contribution in [2.24, 2.45) is 0 Å². The van der Waals surface area contributed by atoms with Crippen molar-refractivity contribution in [3.8, 4) is 12.3 Å². The first-order chi connectivity index (χ1) is 9.58. The molecule has 0 spiro atoms. The summed E-state index contributed by atoms with van der Waals surface area (Å²) in [6.45, 7) is -0.335. The Balaban J connectivity index is 2.03. The fourth-order valence-corrected chi connectivity index (χ4v) is 2.16. The third-order valence-corrected chi connectivity index (χ3v) is 3.21. The Morgan fingerprint density at radius 2 is 2.45 bits per heavy atom. The first kappa shape index (κ1) is 12.8. The summed E-state index contributed by atoms with van der Waals surface area (Å²) in [5.74, 6) is 2.35. The Morgan fingerprint density at radius 1 is 1.65 bits per heavy atom. The van der Waals surface area contributed by atoms with E-state index in [4.69, 9.17) is 16.9 Å². The Morgan fingerprint density at radius 3 is 3.10 bits per heavy atom. The van der Waals surface area contributed by atoms with Crippen molar-refractivity contribution in [2.75, 3.05) is 12.3 Å². The Kier molecular flexibility index (Phi) is 2.81. The van der Waals surface area contributed by atoms with Crippen LogP contribution in [-0.2, 0) is 4.74 Å². The number of rotatable bonds is 2. The van der Waals surface area contributed by atoms with Gasteiger partial charge in [0.25, 0.3) is 0 Å². The summed E-state index contributed by atoms with van der Waals surface area (Å²) < 4.78 is 20.4. The van der Waals surface area contributed by atoms with E-state index in [9.17, 15) is 9.50 Å². The maximum absolute atomic E-state index is 13.3. The van der Waals surface area contributed by atoms with E-state index < -0.39 is 17.9 Å². The van der Waals surface area contributed by atoms with Crippen LogP contribution in [0, 0.1) is 24.8 Å². The van der Waals surface area contributed by atoms with Crippen LogP contribution in [0.4, 0.5) is 10.2 Å². The highest BCUT2D eigenvalue weighted by Crippen LogP contribution is 2.36. The zero-order valence-corrected chi connectivity index (χ0v) is 10.3. The summed E-state index contributed by atoms with van der Waals surface area (Å²) in [6, 6.07) is 0. The van der Waals surface area contributed by atoms with Crippen LogP contribution in [0.3, 0.4) is 0 Å². The molecule has 2 aromatic rings. The average Bonchev–Trinajstić information content (AvgIpc) is 3.02. The number of nitrogens with zero attached hydrogens (tertiary/aromatic N) is 4. The van der Waals surface area contributed by atoms with Gasteiger partial charge in [-0.05, 0) is 6.42 Å². The first-order valence-corrected chi connectivity index (χ1v) is 5.85. The van der Waals surface area contributed by atoms with Crippen LogP contribution >= 0.6 is 0 Å². The van der Waals surface area contributed by atoms with Gasteiger partial charge in [-0.15, -0.1) is 6.42 Å². The van der Waals surface area contributed by atoms with E-state index in [1.165, 1.54) is 10.9 Å². The average molecular weight is 276 g/mol. The zero-order valence-electron chi connectivity index (χ0n) is 10.3. The molecule has 0 aromatic carbocycles. The number of halogens is 1. The molecule has 0 bridgehead atoms. The minimum absolute atomic E-state index is 0.0430. The molecule has 0 saturated carbocycles. The molecule has 103 valence electrons. The molecule has 3 rings (SSSR count). The van der Waals surface area contributed by atoms with Gasteiger partial charge in [0.1, 0.15) is 6.23 Å². The molecule has 8 heteroatoms. The van der Waals surface area contributed by atoms with Gasteiger partial charge in [-0.1, -0.05) is 5.92 Å². The maximum atomic E-state index is 13.3. The number of hydrogen-bond donors (Lipinski definition) is 2. The van der Waals surface area contributed by atoms with Gasteiger partial charge in [-0.3, -0.25) is 4.57 Å². The molecule has 2 aromatic heterocycles. The van der Waals surface area contributed by atoms with E-state index in [-0.39, 0.29) is 23.6 Å². The predicted molar refractivity (Wildman–Crippen MR) is 67.4 cm³/mol. The van der Waals surface area contributed by atoms with Crippen molar-refractivity contribution in [1.29, 1.82) is 0 Å². The molecule has 1 saturated heterocycles. The molecule has 3 N–H and O–H groups in total. The fourth-order valence-electron chi connectivity index (χ4n) is 2.16. The summed E-state index contributed by atoms with van der Waals surface area (Å²) >= 11 is 0. The van der Waals surface area contributed by atoms with Crippen molar-refractivity contribution in [3.63, 3.8) is 0 Å². The van der Waals surface area contributed by atoms with E-state index in [0.29, 0.717) is 6.42 Å². The Hall–Kier alpha value is -2.24. The van der Waals surface area contributed by atoms with E-state index in [1.54, 1.807) is 6.42 Å². The van der Waals surface area contributed by atoms with E-state index in [2.05, 4.69) is 20.9 Å². The second-order valence-corrected chi connectivity index (χ2v) is 4.41. The van der Waals surface area contributed by atoms with E-state index >= 15 is 0 Å². The highest BCUT2D eigenvalue weighted by molar-refractivity contribution is 5.81. The van der Waals surface area contributed by atoms with Crippen LogP contribution in [0.1, 0.15) is 12.6 Å². The molecule has 0 amide bonds. The molecule has 20 heavy (non-hydrogen) atoms. The molecular formula is C12H11FN5O2. The lowest BCUT2D eigenvalue weighted by Crippen LogP contribution is -2.31. The number of anilines is 1. The standard InChI is InChI=1S/C12H11FN5O2/c1-2-12(5-19)4-3-7(20-12)18-6-15-8-9(14)16-11(13)17-10(8)18/h1,4,6-7,19H,3,5H2,(H2,14,16,17)/t7-,12+/m1/s1. The number of nitrogen functional groups attached to an aromatic ring is 1. The number of terminal acetylenes is 1. The molecule has 0 unspecified atom stereocenters. The van der Waals surface area contributed by atoms with Gasteiger partial charge in [-0.2, -0.15) is 14.4 Å². The van der Waals surface area contributed by atoms with Gasteiger partial charge in [-0.25, -0.2) is 4.98 Å². The molecule has 1 aliphatic rings. The van der Waals surface area contributed by atoms with Gasteiger partial charge < -0.3 is 15.6 Å². The number of aliphatic hydroxyl groups is 1. The third-order valence-electron chi connectivity index (χ3n) is 3.21. The molecule has 3 heterocycles. The van der Waals surface area contributed by atoms with E-state index in [1.807, 2.05) is 0 Å². The predicted octanol–water partition coefficient (Wildman–Crippen LogP) is 0.0351. The molecule has 1 aliphatic heterocycles. The minimum atomic E-state index is -1.14. The molecule has 2 atom stereocenters. The van der Waals surface area contributed by atoms with Crippen LogP contribution in [0.15, 0.2) is 6.33 Å². The van der Waals surface area contributed by atoms with Crippen molar-refractivity contribution in [1.82, 2.24) is 19.5 Å². The highest BCUT2D eigenvalue weighted by atomic mass is 19.1. The monoisotopic (exact) mass is 276 g/mol. The number of aliphatic hydroxyl groups excluding tert-OH is 1.